The van der Waals surface area contributed by atoms with Crippen LogP contribution in [0, 0.1) is 6.92 Å². The van der Waals surface area contributed by atoms with Crippen LogP contribution in [0.15, 0.2) is 48.9 Å². The van der Waals surface area contributed by atoms with Crippen LogP contribution in [0.2, 0.25) is 5.02 Å². The molecule has 6 heteroatoms. The van der Waals surface area contributed by atoms with E-state index in [2.05, 4.69) is 44.0 Å². The molecule has 2 aliphatic rings. The van der Waals surface area contributed by atoms with E-state index in [1.165, 1.54) is 22.3 Å². The summed E-state index contributed by atoms with van der Waals surface area (Å²) in [5, 5.41) is 4.22. The van der Waals surface area contributed by atoms with Gasteiger partial charge in [0.15, 0.2) is 0 Å². The number of hydrogen-bond donors (Lipinski definition) is 1. The smallest absolute Gasteiger partial charge is 0.105 e. The van der Waals surface area contributed by atoms with Gasteiger partial charge in [-0.25, -0.2) is 4.98 Å². The highest BCUT2D eigenvalue weighted by Gasteiger charge is 2.31. The normalized spacial score (nSPS) is 19.2. The average molecular weight is 406 g/mol. The molecule has 1 unspecified atom stereocenters. The highest BCUT2D eigenvalue weighted by Crippen LogP contribution is 2.40. The van der Waals surface area contributed by atoms with E-state index >= 15 is 0 Å². The van der Waals surface area contributed by atoms with Crippen LogP contribution in [0.1, 0.15) is 34.3 Å². The van der Waals surface area contributed by atoms with E-state index in [1.807, 2.05) is 37.6 Å². The maximum absolute atomic E-state index is 6.47. The molecule has 1 aliphatic heterocycles. The lowest BCUT2D eigenvalue weighted by Crippen LogP contribution is -2.45. The second-order valence-electron chi connectivity index (χ2n) is 7.67. The summed E-state index contributed by atoms with van der Waals surface area (Å²) in [6.07, 6.45) is 8.06. The van der Waals surface area contributed by atoms with Crippen LogP contribution in [-0.2, 0) is 6.54 Å². The molecule has 1 N–H and O–H groups in total. The van der Waals surface area contributed by atoms with Crippen molar-refractivity contribution < 1.29 is 0 Å². The van der Waals surface area contributed by atoms with Crippen molar-refractivity contribution in [2.45, 2.75) is 19.5 Å². The SMILES string of the molecule is Cc1nccn1CC1=Cc2cccnc2C(N2CCNCC2)c2ccc(Cl)cc21. The van der Waals surface area contributed by atoms with Crippen LogP contribution in [0.4, 0.5) is 0 Å². The molecule has 5 rings (SSSR count). The van der Waals surface area contributed by atoms with Crippen molar-refractivity contribution in [2.24, 2.45) is 0 Å². The predicted molar refractivity (Wildman–Crippen MR) is 117 cm³/mol. The zero-order chi connectivity index (χ0) is 19.8. The van der Waals surface area contributed by atoms with Crippen LogP contribution in [0.25, 0.3) is 11.6 Å². The van der Waals surface area contributed by atoms with E-state index in [4.69, 9.17) is 16.6 Å². The maximum Gasteiger partial charge on any atom is 0.105 e. The molecular formula is C23H24ClN5. The summed E-state index contributed by atoms with van der Waals surface area (Å²) >= 11 is 6.47. The quantitative estimate of drug-likeness (QED) is 0.720. The van der Waals surface area contributed by atoms with Crippen molar-refractivity contribution >= 4 is 23.3 Å². The lowest BCUT2D eigenvalue weighted by molar-refractivity contribution is 0.195. The van der Waals surface area contributed by atoms with Gasteiger partial charge < -0.3 is 9.88 Å². The van der Waals surface area contributed by atoms with Gasteiger partial charge in [0, 0.05) is 56.3 Å². The van der Waals surface area contributed by atoms with Crippen LogP contribution in [-0.4, -0.2) is 45.6 Å². The Morgan fingerprint density at radius 1 is 1.14 bits per heavy atom. The Hall–Kier alpha value is -2.47. The summed E-state index contributed by atoms with van der Waals surface area (Å²) in [5.74, 6) is 1.00. The topological polar surface area (TPSA) is 46.0 Å². The average Bonchev–Trinajstić information content (AvgIpc) is 3.09. The van der Waals surface area contributed by atoms with Gasteiger partial charge in [0.1, 0.15) is 5.82 Å². The number of aromatic nitrogens is 3. The van der Waals surface area contributed by atoms with Gasteiger partial charge in [0.05, 0.1) is 11.7 Å². The summed E-state index contributed by atoms with van der Waals surface area (Å²) in [7, 11) is 0. The minimum Gasteiger partial charge on any atom is -0.331 e. The van der Waals surface area contributed by atoms with Gasteiger partial charge in [-0.3, -0.25) is 9.88 Å². The summed E-state index contributed by atoms with van der Waals surface area (Å²) < 4.78 is 2.18. The Kier molecular flexibility index (Phi) is 4.96. The molecule has 0 saturated carbocycles. The van der Waals surface area contributed by atoms with Crippen molar-refractivity contribution in [1.82, 2.24) is 24.8 Å². The third-order valence-electron chi connectivity index (χ3n) is 5.90. The molecule has 3 aromatic rings. The molecule has 29 heavy (non-hydrogen) atoms. The van der Waals surface area contributed by atoms with Gasteiger partial charge in [-0.15, -0.1) is 0 Å². The van der Waals surface area contributed by atoms with E-state index in [9.17, 15) is 0 Å². The van der Waals surface area contributed by atoms with Crippen LogP contribution in [0.5, 0.6) is 0 Å². The molecule has 0 amide bonds. The summed E-state index contributed by atoms with van der Waals surface area (Å²) in [4.78, 5) is 11.8. The van der Waals surface area contributed by atoms with E-state index < -0.39 is 0 Å². The summed E-state index contributed by atoms with van der Waals surface area (Å²) in [5.41, 5.74) is 6.01. The highest BCUT2D eigenvalue weighted by atomic mass is 35.5. The summed E-state index contributed by atoms with van der Waals surface area (Å²) in [6.45, 7) is 6.78. The number of halogens is 1. The second kappa shape index (κ2) is 7.75. The Morgan fingerprint density at radius 2 is 2.00 bits per heavy atom. The molecule has 0 spiro atoms. The number of hydrogen-bond acceptors (Lipinski definition) is 4. The first-order chi connectivity index (χ1) is 14.2. The zero-order valence-corrected chi connectivity index (χ0v) is 17.2. The fourth-order valence-corrected chi connectivity index (χ4v) is 4.61. The number of rotatable bonds is 3. The zero-order valence-electron chi connectivity index (χ0n) is 16.5. The number of aryl methyl sites for hydroxylation is 1. The summed E-state index contributed by atoms with van der Waals surface area (Å²) in [6, 6.07) is 10.6. The number of nitrogens with one attached hydrogen (secondary N) is 1. The Balaban J connectivity index is 1.70. The third kappa shape index (κ3) is 3.50. The van der Waals surface area contributed by atoms with Crippen LogP contribution < -0.4 is 5.32 Å². The highest BCUT2D eigenvalue weighted by molar-refractivity contribution is 6.30. The van der Waals surface area contributed by atoms with Crippen molar-refractivity contribution in [1.29, 1.82) is 0 Å². The predicted octanol–water partition coefficient (Wildman–Crippen LogP) is 3.79. The molecule has 0 bridgehead atoms. The Morgan fingerprint density at radius 3 is 2.79 bits per heavy atom. The van der Waals surface area contributed by atoms with E-state index in [0.29, 0.717) is 0 Å². The van der Waals surface area contributed by atoms with E-state index in [-0.39, 0.29) is 6.04 Å². The minimum atomic E-state index is 0.123. The van der Waals surface area contributed by atoms with Gasteiger partial charge in [-0.2, -0.15) is 0 Å². The Labute approximate surface area is 176 Å². The van der Waals surface area contributed by atoms with Crippen LogP contribution >= 0.6 is 11.6 Å². The number of pyridine rings is 1. The fraction of sp³-hybridized carbons (Fsp3) is 0.304. The largest absolute Gasteiger partial charge is 0.331 e. The second-order valence-corrected chi connectivity index (χ2v) is 8.11. The van der Waals surface area contributed by atoms with E-state index in [0.717, 1.165) is 49.3 Å². The van der Waals surface area contributed by atoms with Gasteiger partial charge in [-0.05, 0) is 53.5 Å². The minimum absolute atomic E-state index is 0.123. The molecule has 1 saturated heterocycles. The van der Waals surface area contributed by atoms with Crippen LogP contribution in [0.3, 0.4) is 0 Å². The van der Waals surface area contributed by atoms with Crippen molar-refractivity contribution in [3.8, 4) is 0 Å². The van der Waals surface area contributed by atoms with Crippen molar-refractivity contribution in [3.63, 3.8) is 0 Å². The lowest BCUT2D eigenvalue weighted by atomic mass is 9.93. The van der Waals surface area contributed by atoms with E-state index in [1.54, 1.807) is 0 Å². The lowest BCUT2D eigenvalue weighted by Gasteiger charge is -2.35. The molecule has 1 aliphatic carbocycles. The molecule has 148 valence electrons. The van der Waals surface area contributed by atoms with Crippen molar-refractivity contribution in [2.75, 3.05) is 26.2 Å². The molecule has 1 aromatic carbocycles. The molecule has 5 nitrogen and oxygen atoms in total. The molecule has 1 atom stereocenters. The van der Waals surface area contributed by atoms with Gasteiger partial charge in [0.2, 0.25) is 0 Å². The number of nitrogens with zero attached hydrogens (tertiary/aromatic N) is 4. The number of benzene rings is 1. The monoisotopic (exact) mass is 405 g/mol. The Bertz CT molecular complexity index is 1060. The molecule has 3 heterocycles. The molecular weight excluding hydrogens is 382 g/mol. The fourth-order valence-electron chi connectivity index (χ4n) is 4.43. The molecule has 0 radical (unpaired) electrons. The first-order valence-electron chi connectivity index (χ1n) is 10.1. The number of piperazine rings is 1. The number of imidazole rings is 1. The van der Waals surface area contributed by atoms with Gasteiger partial charge >= 0.3 is 0 Å². The first kappa shape index (κ1) is 18.6. The molecule has 1 fully saturated rings. The maximum atomic E-state index is 6.47. The molecule has 2 aromatic heterocycles. The number of fused-ring (bicyclic) bond motifs is 2. The first-order valence-corrected chi connectivity index (χ1v) is 10.5. The van der Waals surface area contributed by atoms with Gasteiger partial charge in [-0.1, -0.05) is 23.7 Å². The standard InChI is InChI=1S/C23H24ClN5/c1-16-26-9-12-29(16)15-18-13-17-3-2-6-27-22(17)23(28-10-7-25-8-11-28)20-5-4-19(24)14-21(18)20/h2-6,9,12-14,23,25H,7-8,10-11,15H2,1H3. The van der Waals surface area contributed by atoms with Gasteiger partial charge in [0.25, 0.3) is 0 Å². The third-order valence-corrected chi connectivity index (χ3v) is 6.13. The van der Waals surface area contributed by atoms with Crippen molar-refractivity contribution in [3.05, 3.63) is 82.2 Å². The number of allylic oxidation sites excluding steroid dienone is 1.